The minimum atomic E-state index is -0.430. The first-order valence-electron chi connectivity index (χ1n) is 5.74. The summed E-state index contributed by atoms with van der Waals surface area (Å²) in [6, 6.07) is 6.11. The van der Waals surface area contributed by atoms with Crippen molar-refractivity contribution in [3.63, 3.8) is 0 Å². The standard InChI is InChI=1S/C13H20BrNOS/c1-10(16)12-6-5-11(9-13(12)14)15(2)7-4-8-17-3/h5-6,9-10,16H,4,7-8H2,1-3H3/t10-/m1/s1. The van der Waals surface area contributed by atoms with Crippen LogP contribution >= 0.6 is 27.7 Å². The number of nitrogens with zero attached hydrogens (tertiary/aromatic N) is 1. The zero-order valence-corrected chi connectivity index (χ0v) is 13.0. The highest BCUT2D eigenvalue weighted by Gasteiger charge is 2.08. The first-order valence-corrected chi connectivity index (χ1v) is 7.92. The van der Waals surface area contributed by atoms with Crippen LogP contribution < -0.4 is 4.90 Å². The van der Waals surface area contributed by atoms with Crippen LogP contribution in [0.15, 0.2) is 22.7 Å². The van der Waals surface area contributed by atoms with Crippen molar-refractivity contribution in [3.8, 4) is 0 Å². The van der Waals surface area contributed by atoms with Crippen molar-refractivity contribution in [2.24, 2.45) is 0 Å². The van der Waals surface area contributed by atoms with Gasteiger partial charge in [0.15, 0.2) is 0 Å². The zero-order chi connectivity index (χ0) is 12.8. The Kier molecular flexibility index (Phi) is 6.38. The molecule has 1 atom stereocenters. The van der Waals surface area contributed by atoms with Crippen LogP contribution in [0.4, 0.5) is 5.69 Å². The number of aliphatic hydroxyl groups is 1. The highest BCUT2D eigenvalue weighted by Crippen LogP contribution is 2.27. The van der Waals surface area contributed by atoms with Crippen LogP contribution in [0.5, 0.6) is 0 Å². The molecule has 0 fully saturated rings. The lowest BCUT2D eigenvalue weighted by atomic mass is 10.1. The van der Waals surface area contributed by atoms with E-state index in [2.05, 4.69) is 46.3 Å². The van der Waals surface area contributed by atoms with E-state index < -0.39 is 6.10 Å². The summed E-state index contributed by atoms with van der Waals surface area (Å²) in [4.78, 5) is 2.24. The second-order valence-corrected chi connectivity index (χ2v) is 5.99. The van der Waals surface area contributed by atoms with Crippen molar-refractivity contribution < 1.29 is 5.11 Å². The minimum absolute atomic E-state index is 0.430. The van der Waals surface area contributed by atoms with Crippen LogP contribution in [-0.4, -0.2) is 30.7 Å². The molecule has 0 spiro atoms. The summed E-state index contributed by atoms with van der Waals surface area (Å²) in [7, 11) is 2.10. The second-order valence-electron chi connectivity index (χ2n) is 4.15. The third kappa shape index (κ3) is 4.53. The van der Waals surface area contributed by atoms with E-state index in [0.29, 0.717) is 0 Å². The number of hydrogen-bond donors (Lipinski definition) is 1. The van der Waals surface area contributed by atoms with Gasteiger partial charge in [-0.25, -0.2) is 0 Å². The predicted molar refractivity (Wildman–Crippen MR) is 81.0 cm³/mol. The quantitative estimate of drug-likeness (QED) is 0.809. The van der Waals surface area contributed by atoms with E-state index >= 15 is 0 Å². The Balaban J connectivity index is 2.69. The van der Waals surface area contributed by atoms with E-state index in [-0.39, 0.29) is 0 Å². The van der Waals surface area contributed by atoms with Crippen molar-refractivity contribution in [2.75, 3.05) is 30.5 Å². The van der Waals surface area contributed by atoms with Crippen LogP contribution in [0.25, 0.3) is 0 Å². The maximum Gasteiger partial charge on any atom is 0.0772 e. The monoisotopic (exact) mass is 317 g/mol. The Morgan fingerprint density at radius 3 is 2.71 bits per heavy atom. The number of halogens is 1. The molecule has 1 aromatic rings. The molecule has 0 unspecified atom stereocenters. The molecule has 0 saturated carbocycles. The van der Waals surface area contributed by atoms with Gasteiger partial charge in [0.1, 0.15) is 0 Å². The van der Waals surface area contributed by atoms with Crippen molar-refractivity contribution in [3.05, 3.63) is 28.2 Å². The molecule has 1 rings (SSSR count). The van der Waals surface area contributed by atoms with Crippen LogP contribution in [0, 0.1) is 0 Å². The molecule has 0 saturated heterocycles. The number of hydrogen-bond acceptors (Lipinski definition) is 3. The van der Waals surface area contributed by atoms with Gasteiger partial charge < -0.3 is 10.0 Å². The topological polar surface area (TPSA) is 23.5 Å². The maximum atomic E-state index is 9.56. The minimum Gasteiger partial charge on any atom is -0.389 e. The fraction of sp³-hybridized carbons (Fsp3) is 0.538. The van der Waals surface area contributed by atoms with E-state index in [4.69, 9.17) is 0 Å². The predicted octanol–water partition coefficient (Wildman–Crippen LogP) is 3.69. The number of rotatable bonds is 6. The molecule has 0 heterocycles. The largest absolute Gasteiger partial charge is 0.389 e. The molecule has 1 aromatic carbocycles. The lowest BCUT2D eigenvalue weighted by Gasteiger charge is -2.20. The average molecular weight is 318 g/mol. The van der Waals surface area contributed by atoms with Crippen LogP contribution in [0.3, 0.4) is 0 Å². The Bertz CT molecular complexity index is 357. The van der Waals surface area contributed by atoms with E-state index in [1.807, 2.05) is 17.8 Å². The normalized spacial score (nSPS) is 12.5. The van der Waals surface area contributed by atoms with Gasteiger partial charge in [0.2, 0.25) is 0 Å². The fourth-order valence-corrected chi connectivity index (χ4v) is 2.78. The summed E-state index contributed by atoms with van der Waals surface area (Å²) in [5.74, 6) is 1.19. The van der Waals surface area contributed by atoms with Crippen molar-refractivity contribution in [2.45, 2.75) is 19.4 Å². The number of anilines is 1. The molecule has 2 nitrogen and oxygen atoms in total. The third-order valence-corrected chi connectivity index (χ3v) is 4.10. The molecular formula is C13H20BrNOS. The highest BCUT2D eigenvalue weighted by atomic mass is 79.9. The Morgan fingerprint density at radius 2 is 2.18 bits per heavy atom. The van der Waals surface area contributed by atoms with E-state index in [0.717, 1.165) is 16.6 Å². The van der Waals surface area contributed by atoms with Crippen molar-refractivity contribution in [1.82, 2.24) is 0 Å². The first-order chi connectivity index (χ1) is 8.06. The Labute approximate surface area is 117 Å². The molecule has 0 amide bonds. The molecule has 96 valence electrons. The van der Waals surface area contributed by atoms with Crippen LogP contribution in [-0.2, 0) is 0 Å². The SMILES string of the molecule is CSCCCN(C)c1ccc([C@@H](C)O)c(Br)c1. The molecule has 0 radical (unpaired) electrons. The second kappa shape index (κ2) is 7.29. The molecule has 0 aliphatic rings. The van der Waals surface area contributed by atoms with Gasteiger partial charge in [-0.1, -0.05) is 22.0 Å². The van der Waals surface area contributed by atoms with Gasteiger partial charge in [0.25, 0.3) is 0 Å². The van der Waals surface area contributed by atoms with E-state index in [1.165, 1.54) is 17.9 Å². The molecular weight excluding hydrogens is 298 g/mol. The third-order valence-electron chi connectivity index (χ3n) is 2.72. The molecule has 0 bridgehead atoms. The molecule has 0 aromatic heterocycles. The summed E-state index contributed by atoms with van der Waals surface area (Å²) < 4.78 is 0.974. The van der Waals surface area contributed by atoms with E-state index in [1.54, 1.807) is 6.92 Å². The van der Waals surface area contributed by atoms with Crippen molar-refractivity contribution >= 4 is 33.4 Å². The number of aliphatic hydroxyl groups excluding tert-OH is 1. The smallest absolute Gasteiger partial charge is 0.0772 e. The van der Waals surface area contributed by atoms with Gasteiger partial charge in [-0.2, -0.15) is 11.8 Å². The van der Waals surface area contributed by atoms with Gasteiger partial charge in [-0.15, -0.1) is 0 Å². The number of thioether (sulfide) groups is 1. The van der Waals surface area contributed by atoms with Crippen molar-refractivity contribution in [1.29, 1.82) is 0 Å². The zero-order valence-electron chi connectivity index (χ0n) is 10.6. The Hall–Kier alpha value is -0.190. The van der Waals surface area contributed by atoms with Gasteiger partial charge in [0.05, 0.1) is 6.10 Å². The van der Waals surface area contributed by atoms with Gasteiger partial charge in [-0.3, -0.25) is 0 Å². The molecule has 0 aliphatic carbocycles. The molecule has 17 heavy (non-hydrogen) atoms. The Morgan fingerprint density at radius 1 is 1.47 bits per heavy atom. The van der Waals surface area contributed by atoms with Gasteiger partial charge >= 0.3 is 0 Å². The molecule has 1 N–H and O–H groups in total. The first kappa shape index (κ1) is 14.9. The summed E-state index contributed by atoms with van der Waals surface area (Å²) >= 11 is 5.39. The molecule has 0 aliphatic heterocycles. The summed E-state index contributed by atoms with van der Waals surface area (Å²) in [5.41, 5.74) is 2.12. The van der Waals surface area contributed by atoms with Gasteiger partial charge in [-0.05, 0) is 43.0 Å². The average Bonchev–Trinajstić information content (AvgIpc) is 2.28. The fourth-order valence-electron chi connectivity index (χ4n) is 1.67. The lowest BCUT2D eigenvalue weighted by Crippen LogP contribution is -2.19. The van der Waals surface area contributed by atoms with Crippen LogP contribution in [0.1, 0.15) is 25.0 Å². The maximum absolute atomic E-state index is 9.56. The summed E-state index contributed by atoms with van der Waals surface area (Å²) in [5, 5.41) is 9.56. The van der Waals surface area contributed by atoms with E-state index in [9.17, 15) is 5.11 Å². The lowest BCUT2D eigenvalue weighted by molar-refractivity contribution is 0.198. The molecule has 4 heteroatoms. The van der Waals surface area contributed by atoms with Gasteiger partial charge in [0, 0.05) is 23.8 Å². The summed E-state index contributed by atoms with van der Waals surface area (Å²) in [6.07, 6.45) is 2.89. The number of benzene rings is 1. The van der Waals surface area contributed by atoms with Crippen LogP contribution in [0.2, 0.25) is 0 Å². The highest BCUT2D eigenvalue weighted by molar-refractivity contribution is 9.10. The summed E-state index contributed by atoms with van der Waals surface area (Å²) in [6.45, 7) is 2.84.